The topological polar surface area (TPSA) is 70.7 Å². The van der Waals surface area contributed by atoms with Gasteiger partial charge in [-0.05, 0) is 36.5 Å². The van der Waals surface area contributed by atoms with Crippen LogP contribution in [0.15, 0.2) is 30.6 Å². The minimum absolute atomic E-state index is 0.139. The molecule has 0 fully saturated rings. The van der Waals surface area contributed by atoms with Crippen LogP contribution in [0.3, 0.4) is 0 Å². The molecule has 0 bridgehead atoms. The lowest BCUT2D eigenvalue weighted by atomic mass is 10.1. The van der Waals surface area contributed by atoms with E-state index in [1.165, 1.54) is 0 Å². The monoisotopic (exact) mass is 272 g/mol. The molecule has 1 amide bonds. The van der Waals surface area contributed by atoms with Gasteiger partial charge < -0.3 is 5.32 Å². The molecule has 2 rings (SSSR count). The second-order valence-electron chi connectivity index (χ2n) is 5.24. The molecule has 0 saturated carbocycles. The van der Waals surface area contributed by atoms with Crippen molar-refractivity contribution >= 4 is 5.91 Å². The Morgan fingerprint density at radius 3 is 3.00 bits per heavy atom. The highest BCUT2D eigenvalue weighted by molar-refractivity contribution is 5.92. The van der Waals surface area contributed by atoms with Gasteiger partial charge in [0.2, 0.25) is 0 Å². The van der Waals surface area contributed by atoms with E-state index in [0.29, 0.717) is 18.2 Å². The fourth-order valence-electron chi connectivity index (χ4n) is 1.98. The zero-order valence-electron chi connectivity index (χ0n) is 11.9. The molecule has 2 aromatic rings. The Morgan fingerprint density at radius 1 is 1.45 bits per heavy atom. The van der Waals surface area contributed by atoms with E-state index in [9.17, 15) is 4.79 Å². The standard InChI is InChI=1S/C15H20N4O/c1-11(2)8-13-9-14(19-18-13)15(20)17-7-5-12-4-3-6-16-10-12/h3-4,6,9-11H,5,7-8H2,1-2H3,(H,17,20)(H,18,19). The van der Waals surface area contributed by atoms with Crippen molar-refractivity contribution in [1.29, 1.82) is 0 Å². The van der Waals surface area contributed by atoms with Gasteiger partial charge in [-0.3, -0.25) is 14.9 Å². The molecule has 0 unspecified atom stereocenters. The molecule has 0 spiro atoms. The number of nitrogens with zero attached hydrogens (tertiary/aromatic N) is 2. The molecule has 0 aliphatic rings. The molecule has 2 N–H and O–H groups in total. The van der Waals surface area contributed by atoms with Crippen LogP contribution in [0.2, 0.25) is 0 Å². The molecular formula is C15H20N4O. The maximum atomic E-state index is 11.9. The molecule has 0 aromatic carbocycles. The largest absolute Gasteiger partial charge is 0.350 e. The summed E-state index contributed by atoms with van der Waals surface area (Å²) in [4.78, 5) is 16.0. The molecule has 0 atom stereocenters. The number of aromatic amines is 1. The normalized spacial score (nSPS) is 10.8. The van der Waals surface area contributed by atoms with Crippen molar-refractivity contribution in [1.82, 2.24) is 20.5 Å². The number of aromatic nitrogens is 3. The van der Waals surface area contributed by atoms with Crippen molar-refractivity contribution in [2.45, 2.75) is 26.7 Å². The van der Waals surface area contributed by atoms with Gasteiger partial charge in [0, 0.05) is 24.6 Å². The van der Waals surface area contributed by atoms with Crippen LogP contribution in [0.25, 0.3) is 0 Å². The van der Waals surface area contributed by atoms with Crippen LogP contribution in [0.5, 0.6) is 0 Å². The first-order chi connectivity index (χ1) is 9.65. The highest BCUT2D eigenvalue weighted by Crippen LogP contribution is 2.06. The third-order valence-corrected chi connectivity index (χ3v) is 2.91. The Balaban J connectivity index is 1.81. The molecule has 0 saturated heterocycles. The Morgan fingerprint density at radius 2 is 2.30 bits per heavy atom. The molecule has 20 heavy (non-hydrogen) atoms. The molecule has 2 aromatic heterocycles. The summed E-state index contributed by atoms with van der Waals surface area (Å²) in [7, 11) is 0. The molecule has 5 nitrogen and oxygen atoms in total. The summed E-state index contributed by atoms with van der Waals surface area (Å²) in [5, 5.41) is 9.82. The molecular weight excluding hydrogens is 252 g/mol. The van der Waals surface area contributed by atoms with Crippen LogP contribution in [0.1, 0.15) is 35.6 Å². The number of pyridine rings is 1. The second-order valence-corrected chi connectivity index (χ2v) is 5.24. The summed E-state index contributed by atoms with van der Waals surface area (Å²) in [6.07, 6.45) is 5.21. The SMILES string of the molecule is CC(C)Cc1cc(C(=O)NCCc2cccnc2)n[nH]1. The average molecular weight is 272 g/mol. The molecule has 2 heterocycles. The van der Waals surface area contributed by atoms with Crippen molar-refractivity contribution in [3.8, 4) is 0 Å². The van der Waals surface area contributed by atoms with Crippen LogP contribution in [-0.2, 0) is 12.8 Å². The quantitative estimate of drug-likeness (QED) is 0.844. The summed E-state index contributed by atoms with van der Waals surface area (Å²) in [6, 6.07) is 5.71. The molecule has 0 radical (unpaired) electrons. The minimum atomic E-state index is -0.139. The third-order valence-electron chi connectivity index (χ3n) is 2.91. The number of rotatable bonds is 6. The Bertz CT molecular complexity index is 548. The zero-order chi connectivity index (χ0) is 14.4. The van der Waals surface area contributed by atoms with Crippen molar-refractivity contribution in [3.63, 3.8) is 0 Å². The fourth-order valence-corrected chi connectivity index (χ4v) is 1.98. The predicted molar refractivity (Wildman–Crippen MR) is 77.4 cm³/mol. The van der Waals surface area contributed by atoms with E-state index < -0.39 is 0 Å². The zero-order valence-corrected chi connectivity index (χ0v) is 11.9. The van der Waals surface area contributed by atoms with Gasteiger partial charge in [0.15, 0.2) is 0 Å². The highest BCUT2D eigenvalue weighted by Gasteiger charge is 2.10. The molecule has 106 valence electrons. The van der Waals surface area contributed by atoms with Gasteiger partial charge in [0.25, 0.3) is 5.91 Å². The summed E-state index contributed by atoms with van der Waals surface area (Å²) in [5.41, 5.74) is 2.56. The van der Waals surface area contributed by atoms with E-state index in [4.69, 9.17) is 0 Å². The Hall–Kier alpha value is -2.17. The summed E-state index contributed by atoms with van der Waals surface area (Å²) < 4.78 is 0. The number of carbonyl (C=O) groups excluding carboxylic acids is 1. The van der Waals surface area contributed by atoms with Gasteiger partial charge >= 0.3 is 0 Å². The van der Waals surface area contributed by atoms with Gasteiger partial charge in [0.05, 0.1) is 0 Å². The van der Waals surface area contributed by atoms with Crippen LogP contribution in [0, 0.1) is 5.92 Å². The number of hydrogen-bond donors (Lipinski definition) is 2. The van der Waals surface area contributed by atoms with Crippen LogP contribution >= 0.6 is 0 Å². The Kier molecular flexibility index (Phi) is 4.87. The first-order valence-electron chi connectivity index (χ1n) is 6.86. The van der Waals surface area contributed by atoms with E-state index in [1.807, 2.05) is 18.2 Å². The lowest BCUT2D eigenvalue weighted by Gasteiger charge is -2.02. The van der Waals surface area contributed by atoms with E-state index in [1.54, 1.807) is 12.4 Å². The van der Waals surface area contributed by atoms with E-state index in [2.05, 4.69) is 34.3 Å². The van der Waals surface area contributed by atoms with E-state index in [-0.39, 0.29) is 5.91 Å². The molecule has 5 heteroatoms. The van der Waals surface area contributed by atoms with E-state index in [0.717, 1.165) is 24.1 Å². The lowest BCUT2D eigenvalue weighted by Crippen LogP contribution is -2.26. The summed E-state index contributed by atoms with van der Waals surface area (Å²) in [5.74, 6) is 0.400. The van der Waals surface area contributed by atoms with Crippen molar-refractivity contribution in [2.24, 2.45) is 5.92 Å². The average Bonchev–Trinajstić information content (AvgIpc) is 2.87. The summed E-state index contributed by atoms with van der Waals surface area (Å²) in [6.45, 7) is 4.85. The van der Waals surface area contributed by atoms with Crippen LogP contribution in [0.4, 0.5) is 0 Å². The minimum Gasteiger partial charge on any atom is -0.350 e. The number of hydrogen-bond acceptors (Lipinski definition) is 3. The highest BCUT2D eigenvalue weighted by atomic mass is 16.1. The molecule has 0 aliphatic carbocycles. The van der Waals surface area contributed by atoms with Crippen LogP contribution < -0.4 is 5.32 Å². The number of carbonyl (C=O) groups is 1. The predicted octanol–water partition coefficient (Wildman–Crippen LogP) is 1.98. The lowest BCUT2D eigenvalue weighted by molar-refractivity contribution is 0.0949. The summed E-state index contributed by atoms with van der Waals surface area (Å²) >= 11 is 0. The number of H-pyrrole nitrogens is 1. The van der Waals surface area contributed by atoms with Gasteiger partial charge in [-0.15, -0.1) is 0 Å². The first kappa shape index (κ1) is 14.2. The van der Waals surface area contributed by atoms with Crippen LogP contribution in [-0.4, -0.2) is 27.6 Å². The third kappa shape index (κ3) is 4.19. The van der Waals surface area contributed by atoms with Gasteiger partial charge in [-0.1, -0.05) is 19.9 Å². The Labute approximate surface area is 118 Å². The van der Waals surface area contributed by atoms with Crippen molar-refractivity contribution in [3.05, 3.63) is 47.5 Å². The van der Waals surface area contributed by atoms with Crippen molar-refractivity contribution in [2.75, 3.05) is 6.54 Å². The smallest absolute Gasteiger partial charge is 0.271 e. The maximum absolute atomic E-state index is 11.9. The first-order valence-corrected chi connectivity index (χ1v) is 6.86. The van der Waals surface area contributed by atoms with Gasteiger partial charge in [-0.25, -0.2) is 0 Å². The second kappa shape index (κ2) is 6.84. The number of amides is 1. The molecule has 0 aliphatic heterocycles. The van der Waals surface area contributed by atoms with Gasteiger partial charge in [0.1, 0.15) is 5.69 Å². The fraction of sp³-hybridized carbons (Fsp3) is 0.400. The van der Waals surface area contributed by atoms with Gasteiger partial charge in [-0.2, -0.15) is 5.10 Å². The van der Waals surface area contributed by atoms with E-state index >= 15 is 0 Å². The van der Waals surface area contributed by atoms with Crippen molar-refractivity contribution < 1.29 is 4.79 Å². The number of nitrogens with one attached hydrogen (secondary N) is 2. The maximum Gasteiger partial charge on any atom is 0.271 e.